The van der Waals surface area contributed by atoms with Crippen LogP contribution in [-0.2, 0) is 6.54 Å². The van der Waals surface area contributed by atoms with Crippen molar-refractivity contribution in [1.82, 2.24) is 14.3 Å². The van der Waals surface area contributed by atoms with Crippen LogP contribution in [0.5, 0.6) is 0 Å². The van der Waals surface area contributed by atoms with E-state index in [-0.39, 0.29) is 18.4 Å². The average molecular weight is 297 g/mol. The molecule has 0 radical (unpaired) electrons. The number of imide groups is 1. The van der Waals surface area contributed by atoms with Gasteiger partial charge in [0, 0.05) is 4.88 Å². The SMILES string of the molecule is Cc1sc2cncn2c1CN1C(=O)c2ccccc2C1=O. The minimum absolute atomic E-state index is 0.227. The highest BCUT2D eigenvalue weighted by Crippen LogP contribution is 2.28. The normalized spacial score (nSPS) is 14.2. The molecular formula is C15H11N3O2S. The second-order valence-corrected chi connectivity index (χ2v) is 6.18. The molecule has 1 aliphatic rings. The molecule has 3 aromatic rings. The van der Waals surface area contributed by atoms with Gasteiger partial charge in [-0.15, -0.1) is 11.3 Å². The fourth-order valence-corrected chi connectivity index (χ4v) is 3.63. The Kier molecular flexibility index (Phi) is 2.49. The molecule has 104 valence electrons. The minimum atomic E-state index is -0.227. The maximum Gasteiger partial charge on any atom is 0.261 e. The van der Waals surface area contributed by atoms with Crippen LogP contribution in [0, 0.1) is 6.92 Å². The number of carbonyl (C=O) groups is 2. The number of hydrogen-bond acceptors (Lipinski definition) is 4. The van der Waals surface area contributed by atoms with Crippen LogP contribution in [0.3, 0.4) is 0 Å². The zero-order chi connectivity index (χ0) is 14.6. The van der Waals surface area contributed by atoms with Gasteiger partial charge in [-0.05, 0) is 19.1 Å². The van der Waals surface area contributed by atoms with Crippen molar-refractivity contribution in [1.29, 1.82) is 0 Å². The Bertz CT molecular complexity index is 858. The third-order valence-electron chi connectivity index (χ3n) is 3.75. The number of rotatable bonds is 2. The third-order valence-corrected chi connectivity index (χ3v) is 4.80. The predicted molar refractivity (Wildman–Crippen MR) is 78.5 cm³/mol. The van der Waals surface area contributed by atoms with Gasteiger partial charge < -0.3 is 0 Å². The van der Waals surface area contributed by atoms with Crippen LogP contribution in [0.2, 0.25) is 0 Å². The Morgan fingerprint density at radius 3 is 2.48 bits per heavy atom. The smallest absolute Gasteiger partial charge is 0.261 e. The number of imidazole rings is 1. The van der Waals surface area contributed by atoms with Gasteiger partial charge in [-0.1, -0.05) is 12.1 Å². The maximum atomic E-state index is 12.4. The molecular weight excluding hydrogens is 286 g/mol. The molecule has 0 unspecified atom stereocenters. The Hall–Kier alpha value is -2.47. The number of nitrogens with zero attached hydrogens (tertiary/aromatic N) is 3. The average Bonchev–Trinajstić information content (AvgIpc) is 3.11. The van der Waals surface area contributed by atoms with Crippen molar-refractivity contribution >= 4 is 28.0 Å². The van der Waals surface area contributed by atoms with Crippen molar-refractivity contribution in [2.45, 2.75) is 13.5 Å². The predicted octanol–water partition coefficient (Wildman–Crippen LogP) is 2.50. The van der Waals surface area contributed by atoms with E-state index in [9.17, 15) is 9.59 Å². The summed E-state index contributed by atoms with van der Waals surface area (Å²) in [4.78, 5) is 32.3. The number of fused-ring (bicyclic) bond motifs is 2. The lowest BCUT2D eigenvalue weighted by molar-refractivity contribution is 0.0640. The largest absolute Gasteiger partial charge is 0.292 e. The molecule has 0 spiro atoms. The second kappa shape index (κ2) is 4.26. The Morgan fingerprint density at radius 2 is 1.81 bits per heavy atom. The molecule has 0 fully saturated rings. The molecule has 5 nitrogen and oxygen atoms in total. The third kappa shape index (κ3) is 1.66. The summed E-state index contributed by atoms with van der Waals surface area (Å²) in [6, 6.07) is 6.94. The molecule has 1 aliphatic heterocycles. The Labute approximate surface area is 124 Å². The van der Waals surface area contributed by atoms with Crippen LogP contribution in [0.1, 0.15) is 31.3 Å². The van der Waals surface area contributed by atoms with Crippen molar-refractivity contribution in [2.24, 2.45) is 0 Å². The van der Waals surface area contributed by atoms with Gasteiger partial charge in [0.2, 0.25) is 0 Å². The van der Waals surface area contributed by atoms with Gasteiger partial charge in [0.25, 0.3) is 11.8 Å². The highest BCUT2D eigenvalue weighted by atomic mass is 32.1. The van der Waals surface area contributed by atoms with Crippen molar-refractivity contribution in [3.63, 3.8) is 0 Å². The van der Waals surface area contributed by atoms with Crippen molar-refractivity contribution < 1.29 is 9.59 Å². The van der Waals surface area contributed by atoms with E-state index < -0.39 is 0 Å². The van der Waals surface area contributed by atoms with E-state index in [2.05, 4.69) is 4.98 Å². The van der Waals surface area contributed by atoms with Crippen molar-refractivity contribution in [3.8, 4) is 0 Å². The van der Waals surface area contributed by atoms with Gasteiger partial charge in [0.15, 0.2) is 0 Å². The molecule has 4 rings (SSSR count). The van der Waals surface area contributed by atoms with E-state index in [4.69, 9.17) is 0 Å². The molecule has 1 aromatic carbocycles. The lowest BCUT2D eigenvalue weighted by atomic mass is 10.1. The molecule has 0 N–H and O–H groups in total. The molecule has 3 heterocycles. The van der Waals surface area contributed by atoms with Crippen LogP contribution in [0.4, 0.5) is 0 Å². The van der Waals surface area contributed by atoms with Crippen LogP contribution in [0.15, 0.2) is 36.8 Å². The van der Waals surface area contributed by atoms with Crippen molar-refractivity contribution in [2.75, 3.05) is 0 Å². The summed E-state index contributed by atoms with van der Waals surface area (Å²) in [5.74, 6) is -0.455. The van der Waals surface area contributed by atoms with E-state index in [0.717, 1.165) is 15.4 Å². The number of thiazole rings is 1. The Morgan fingerprint density at radius 1 is 1.14 bits per heavy atom. The molecule has 0 bridgehead atoms. The molecule has 0 atom stereocenters. The highest BCUT2D eigenvalue weighted by molar-refractivity contribution is 7.17. The zero-order valence-electron chi connectivity index (χ0n) is 11.2. The molecule has 21 heavy (non-hydrogen) atoms. The van der Waals surface area contributed by atoms with Gasteiger partial charge in [0.05, 0.1) is 29.6 Å². The maximum absolute atomic E-state index is 12.4. The first-order chi connectivity index (χ1) is 10.2. The fourth-order valence-electron chi connectivity index (χ4n) is 2.67. The first-order valence-electron chi connectivity index (χ1n) is 6.52. The van der Waals surface area contributed by atoms with E-state index >= 15 is 0 Å². The van der Waals surface area contributed by atoms with Gasteiger partial charge >= 0.3 is 0 Å². The number of hydrogen-bond donors (Lipinski definition) is 0. The van der Waals surface area contributed by atoms with E-state index in [1.54, 1.807) is 48.1 Å². The minimum Gasteiger partial charge on any atom is -0.292 e. The van der Waals surface area contributed by atoms with Crippen LogP contribution >= 0.6 is 11.3 Å². The topological polar surface area (TPSA) is 54.7 Å². The number of aromatic nitrogens is 2. The monoisotopic (exact) mass is 297 g/mol. The summed E-state index contributed by atoms with van der Waals surface area (Å²) in [7, 11) is 0. The number of amides is 2. The van der Waals surface area contributed by atoms with Gasteiger partial charge in [-0.3, -0.25) is 18.9 Å². The summed E-state index contributed by atoms with van der Waals surface area (Å²) in [5.41, 5.74) is 1.90. The molecule has 0 aliphatic carbocycles. The summed E-state index contributed by atoms with van der Waals surface area (Å²) in [6.07, 6.45) is 3.50. The second-order valence-electron chi connectivity index (χ2n) is 4.95. The highest BCUT2D eigenvalue weighted by Gasteiger charge is 2.35. The molecule has 6 heteroatoms. The van der Waals surface area contributed by atoms with E-state index in [1.807, 2.05) is 11.3 Å². The summed E-state index contributed by atoms with van der Waals surface area (Å²) in [6.45, 7) is 2.26. The first-order valence-corrected chi connectivity index (χ1v) is 7.34. The molecule has 0 saturated heterocycles. The standard InChI is InChI=1S/C15H11N3O2S/c1-9-12(18-8-16-6-13(18)21-9)7-17-14(19)10-4-2-3-5-11(10)15(17)20/h2-6,8H,7H2,1H3. The van der Waals surface area contributed by atoms with E-state index in [0.29, 0.717) is 11.1 Å². The number of carbonyl (C=O) groups excluding carboxylic acids is 2. The van der Waals surface area contributed by atoms with Crippen LogP contribution < -0.4 is 0 Å². The van der Waals surface area contributed by atoms with Crippen LogP contribution in [0.25, 0.3) is 4.83 Å². The fraction of sp³-hybridized carbons (Fsp3) is 0.133. The van der Waals surface area contributed by atoms with E-state index in [1.165, 1.54) is 4.90 Å². The zero-order valence-corrected chi connectivity index (χ0v) is 12.1. The first kappa shape index (κ1) is 12.3. The number of aryl methyl sites for hydroxylation is 1. The summed E-state index contributed by atoms with van der Waals surface area (Å²) >= 11 is 1.61. The van der Waals surface area contributed by atoms with Gasteiger partial charge in [0.1, 0.15) is 11.2 Å². The van der Waals surface area contributed by atoms with Crippen LogP contribution in [-0.4, -0.2) is 26.1 Å². The quantitative estimate of drug-likeness (QED) is 0.683. The lowest BCUT2D eigenvalue weighted by Gasteiger charge is -2.13. The number of benzene rings is 1. The molecule has 0 saturated carbocycles. The van der Waals surface area contributed by atoms with Gasteiger partial charge in [-0.25, -0.2) is 4.98 Å². The summed E-state index contributed by atoms with van der Waals surface area (Å²) < 4.78 is 1.93. The van der Waals surface area contributed by atoms with Gasteiger partial charge in [-0.2, -0.15) is 0 Å². The van der Waals surface area contributed by atoms with Crippen molar-refractivity contribution in [3.05, 3.63) is 58.5 Å². The Balaban J connectivity index is 1.76. The lowest BCUT2D eigenvalue weighted by Crippen LogP contribution is -2.29. The molecule has 2 aromatic heterocycles. The summed E-state index contributed by atoms with van der Waals surface area (Å²) in [5, 5.41) is 0. The molecule has 2 amide bonds.